The van der Waals surface area contributed by atoms with Crippen molar-refractivity contribution in [1.29, 1.82) is 0 Å². The topological polar surface area (TPSA) is 40.5 Å². The Morgan fingerprint density at radius 3 is 2.81 bits per heavy atom. The lowest BCUT2D eigenvalue weighted by Crippen LogP contribution is -2.39. The summed E-state index contributed by atoms with van der Waals surface area (Å²) < 4.78 is 2.06. The number of benzene rings is 1. The van der Waals surface area contributed by atoms with Gasteiger partial charge in [0.05, 0.1) is 3.79 Å². The molecule has 0 radical (unpaired) electrons. The smallest absolute Gasteiger partial charge is 0.325 e. The minimum atomic E-state index is -0.781. The normalized spacial score (nSPS) is 18.5. The van der Waals surface area contributed by atoms with Crippen LogP contribution >= 0.6 is 43.2 Å². The monoisotopic (exact) mass is 429 g/mol. The highest BCUT2D eigenvalue weighted by atomic mass is 79.9. The molecule has 6 heteroatoms. The van der Waals surface area contributed by atoms with E-state index in [2.05, 4.69) is 31.9 Å². The number of rotatable bonds is 3. The van der Waals surface area contributed by atoms with Gasteiger partial charge < -0.3 is 5.11 Å². The first kappa shape index (κ1) is 15.2. The molecule has 0 bridgehead atoms. The van der Waals surface area contributed by atoms with E-state index in [4.69, 9.17) is 0 Å². The SMILES string of the molecule is O=C(O)C1c2ccccc2CCN1Cc1cc(Br)c(Br)s1. The highest BCUT2D eigenvalue weighted by molar-refractivity contribution is 9.13. The van der Waals surface area contributed by atoms with Crippen molar-refractivity contribution in [2.24, 2.45) is 0 Å². The molecule has 0 spiro atoms. The van der Waals surface area contributed by atoms with Gasteiger partial charge in [-0.25, -0.2) is 0 Å². The number of fused-ring (bicyclic) bond motifs is 1. The van der Waals surface area contributed by atoms with E-state index in [-0.39, 0.29) is 0 Å². The van der Waals surface area contributed by atoms with E-state index in [0.29, 0.717) is 6.54 Å². The van der Waals surface area contributed by atoms with Crippen LogP contribution in [-0.4, -0.2) is 22.5 Å². The molecule has 1 aliphatic heterocycles. The minimum Gasteiger partial charge on any atom is -0.480 e. The Morgan fingerprint density at radius 1 is 1.38 bits per heavy atom. The number of carboxylic acid groups (broad SMARTS) is 1. The van der Waals surface area contributed by atoms with Crippen molar-refractivity contribution in [2.45, 2.75) is 19.0 Å². The van der Waals surface area contributed by atoms with Gasteiger partial charge in [0, 0.05) is 22.4 Å². The Bertz CT molecular complexity index is 667. The summed E-state index contributed by atoms with van der Waals surface area (Å²) in [7, 11) is 0. The van der Waals surface area contributed by atoms with E-state index in [1.807, 2.05) is 35.2 Å². The summed E-state index contributed by atoms with van der Waals surface area (Å²) in [5.74, 6) is -0.781. The molecule has 0 saturated heterocycles. The number of halogens is 2. The van der Waals surface area contributed by atoms with Crippen LogP contribution in [0.1, 0.15) is 22.0 Å². The molecular weight excluding hydrogens is 418 g/mol. The quantitative estimate of drug-likeness (QED) is 0.781. The number of carbonyl (C=O) groups is 1. The first-order valence-corrected chi connectivity index (χ1v) is 8.95. The van der Waals surface area contributed by atoms with E-state index >= 15 is 0 Å². The summed E-state index contributed by atoms with van der Waals surface area (Å²) in [6.45, 7) is 1.42. The number of carboxylic acids is 1. The van der Waals surface area contributed by atoms with Gasteiger partial charge in [0.2, 0.25) is 0 Å². The van der Waals surface area contributed by atoms with Crippen LogP contribution in [-0.2, 0) is 17.8 Å². The Labute approximate surface area is 143 Å². The Morgan fingerprint density at radius 2 is 2.14 bits per heavy atom. The van der Waals surface area contributed by atoms with E-state index in [1.165, 1.54) is 0 Å². The van der Waals surface area contributed by atoms with Crippen molar-refractivity contribution in [2.75, 3.05) is 6.54 Å². The van der Waals surface area contributed by atoms with Crippen LogP contribution in [0.2, 0.25) is 0 Å². The fraction of sp³-hybridized carbons (Fsp3) is 0.267. The van der Waals surface area contributed by atoms with E-state index in [1.54, 1.807) is 11.3 Å². The molecule has 1 aromatic heterocycles. The van der Waals surface area contributed by atoms with Crippen molar-refractivity contribution < 1.29 is 9.90 Å². The van der Waals surface area contributed by atoms with Crippen molar-refractivity contribution >= 4 is 49.2 Å². The zero-order valence-corrected chi connectivity index (χ0v) is 15.0. The van der Waals surface area contributed by atoms with Gasteiger partial charge in [0.1, 0.15) is 6.04 Å². The first-order valence-electron chi connectivity index (χ1n) is 6.54. The largest absolute Gasteiger partial charge is 0.480 e. The van der Waals surface area contributed by atoms with Crippen LogP contribution < -0.4 is 0 Å². The van der Waals surface area contributed by atoms with Crippen LogP contribution in [0.3, 0.4) is 0 Å². The summed E-state index contributed by atoms with van der Waals surface area (Å²) in [5, 5.41) is 9.64. The van der Waals surface area contributed by atoms with Crippen molar-refractivity contribution in [1.82, 2.24) is 4.90 Å². The van der Waals surface area contributed by atoms with Gasteiger partial charge in [-0.05, 0) is 55.5 Å². The highest BCUT2D eigenvalue weighted by Gasteiger charge is 2.32. The molecule has 0 amide bonds. The summed E-state index contributed by atoms with van der Waals surface area (Å²) in [5.41, 5.74) is 2.07. The summed E-state index contributed by atoms with van der Waals surface area (Å²) in [6, 6.07) is 9.34. The molecule has 1 aliphatic rings. The number of hydrogen-bond acceptors (Lipinski definition) is 3. The highest BCUT2D eigenvalue weighted by Crippen LogP contribution is 2.36. The Kier molecular flexibility index (Phi) is 4.49. The molecule has 0 fully saturated rings. The summed E-state index contributed by atoms with van der Waals surface area (Å²) in [6.07, 6.45) is 0.896. The van der Waals surface area contributed by atoms with Gasteiger partial charge in [0.15, 0.2) is 0 Å². The van der Waals surface area contributed by atoms with Crippen LogP contribution in [0, 0.1) is 0 Å². The molecule has 1 atom stereocenters. The summed E-state index contributed by atoms with van der Waals surface area (Å²) >= 11 is 8.61. The second kappa shape index (κ2) is 6.20. The number of thiophene rings is 1. The standard InChI is InChI=1S/C15H13Br2NO2S/c16-12-7-10(21-14(12)17)8-18-6-5-9-3-1-2-4-11(9)13(18)15(19)20/h1-4,7,13H,5-6,8H2,(H,19,20). The minimum absolute atomic E-state index is 0.561. The van der Waals surface area contributed by atoms with Crippen LogP contribution in [0.4, 0.5) is 0 Å². The molecule has 0 aliphatic carbocycles. The third-order valence-electron chi connectivity index (χ3n) is 3.67. The van der Waals surface area contributed by atoms with Crippen LogP contribution in [0.5, 0.6) is 0 Å². The van der Waals surface area contributed by atoms with Gasteiger partial charge in [-0.3, -0.25) is 9.69 Å². The number of aliphatic carboxylic acids is 1. The van der Waals surface area contributed by atoms with Gasteiger partial charge in [-0.1, -0.05) is 24.3 Å². The van der Waals surface area contributed by atoms with Gasteiger partial charge in [-0.2, -0.15) is 0 Å². The maximum atomic E-state index is 11.7. The number of nitrogens with zero attached hydrogens (tertiary/aromatic N) is 1. The molecule has 2 heterocycles. The predicted octanol–water partition coefficient (Wildman–Crippen LogP) is 4.46. The fourth-order valence-electron chi connectivity index (χ4n) is 2.75. The third kappa shape index (κ3) is 3.08. The molecule has 1 unspecified atom stereocenters. The second-order valence-corrected chi connectivity index (χ2v) is 8.30. The molecule has 2 aromatic rings. The molecular formula is C15H13Br2NO2S. The Balaban J connectivity index is 1.90. The molecule has 1 aromatic carbocycles. The fourth-order valence-corrected chi connectivity index (χ4v) is 4.95. The molecule has 110 valence electrons. The zero-order chi connectivity index (χ0) is 15.0. The Hall–Kier alpha value is -0.690. The van der Waals surface area contributed by atoms with E-state index < -0.39 is 12.0 Å². The van der Waals surface area contributed by atoms with Crippen molar-refractivity contribution in [3.8, 4) is 0 Å². The van der Waals surface area contributed by atoms with Gasteiger partial charge in [-0.15, -0.1) is 11.3 Å². The first-order chi connectivity index (χ1) is 10.1. The lowest BCUT2D eigenvalue weighted by atomic mass is 9.92. The molecule has 0 saturated carbocycles. The zero-order valence-electron chi connectivity index (χ0n) is 11.1. The van der Waals surface area contributed by atoms with E-state index in [9.17, 15) is 9.90 Å². The molecule has 3 rings (SSSR count). The van der Waals surface area contributed by atoms with Crippen LogP contribution in [0.25, 0.3) is 0 Å². The second-order valence-electron chi connectivity index (χ2n) is 4.99. The number of hydrogen-bond donors (Lipinski definition) is 1. The van der Waals surface area contributed by atoms with Gasteiger partial charge in [0.25, 0.3) is 0 Å². The predicted molar refractivity (Wildman–Crippen MR) is 90.7 cm³/mol. The third-order valence-corrected chi connectivity index (χ3v) is 6.91. The molecule has 1 N–H and O–H groups in total. The van der Waals surface area contributed by atoms with Crippen molar-refractivity contribution in [3.05, 3.63) is 54.6 Å². The average Bonchev–Trinajstić information content (AvgIpc) is 2.76. The van der Waals surface area contributed by atoms with E-state index in [0.717, 1.165) is 37.2 Å². The van der Waals surface area contributed by atoms with Gasteiger partial charge >= 0.3 is 5.97 Å². The lowest BCUT2D eigenvalue weighted by molar-refractivity contribution is -0.144. The maximum Gasteiger partial charge on any atom is 0.325 e. The maximum absolute atomic E-state index is 11.7. The van der Waals surface area contributed by atoms with Crippen molar-refractivity contribution in [3.63, 3.8) is 0 Å². The summed E-state index contributed by atoms with van der Waals surface area (Å²) in [4.78, 5) is 14.9. The lowest BCUT2D eigenvalue weighted by Gasteiger charge is -2.34. The van der Waals surface area contributed by atoms with Crippen LogP contribution in [0.15, 0.2) is 38.6 Å². The molecule has 21 heavy (non-hydrogen) atoms. The molecule has 3 nitrogen and oxygen atoms in total. The average molecular weight is 431 g/mol.